The first-order valence-electron chi connectivity index (χ1n) is 4.15. The van der Waals surface area contributed by atoms with E-state index in [4.69, 9.17) is 0 Å². The van der Waals surface area contributed by atoms with Gasteiger partial charge in [0.1, 0.15) is 4.88 Å². The second-order valence-corrected chi connectivity index (χ2v) is 4.03. The fraction of sp³-hybridized carbons (Fsp3) is 0.200. The molecule has 0 aliphatic carbocycles. The number of hydrogen-bond acceptors (Lipinski definition) is 4. The molecule has 0 saturated carbocycles. The van der Waals surface area contributed by atoms with Crippen molar-refractivity contribution in [1.29, 1.82) is 0 Å². The molecule has 72 valence electrons. The quantitative estimate of drug-likeness (QED) is 0.674. The minimum absolute atomic E-state index is 0.286. The number of fused-ring (bicyclic) bond motifs is 1. The van der Waals surface area contributed by atoms with Crippen LogP contribution in [0.4, 0.5) is 0 Å². The van der Waals surface area contributed by atoms with E-state index < -0.39 is 0 Å². The van der Waals surface area contributed by atoms with E-state index in [1.807, 2.05) is 13.0 Å². The van der Waals surface area contributed by atoms with Gasteiger partial charge in [0.25, 0.3) is 0 Å². The van der Waals surface area contributed by atoms with Gasteiger partial charge in [0.15, 0.2) is 0 Å². The Kier molecular flexibility index (Phi) is 2.21. The number of nitrogens with zero attached hydrogens (tertiary/aromatic N) is 1. The molecule has 0 spiro atoms. The molecule has 0 saturated heterocycles. The molecule has 0 radical (unpaired) electrons. The Morgan fingerprint density at radius 2 is 2.29 bits per heavy atom. The minimum Gasteiger partial charge on any atom is -0.465 e. The lowest BCUT2D eigenvalue weighted by atomic mass is 10.2. The van der Waals surface area contributed by atoms with Crippen molar-refractivity contribution in [3.8, 4) is 0 Å². The molecular weight excluding hydrogens is 198 g/mol. The van der Waals surface area contributed by atoms with Gasteiger partial charge < -0.3 is 4.74 Å². The standard InChI is InChI=1S/C10H9NO2S/c1-6-4-11-5-7-3-8(10(12)13-2)14-9(6)7/h3-5H,1-2H3. The first-order valence-corrected chi connectivity index (χ1v) is 4.96. The fourth-order valence-corrected chi connectivity index (χ4v) is 2.31. The second kappa shape index (κ2) is 3.38. The van der Waals surface area contributed by atoms with Crippen LogP contribution in [-0.2, 0) is 4.74 Å². The molecule has 0 aromatic carbocycles. The van der Waals surface area contributed by atoms with Gasteiger partial charge in [0.2, 0.25) is 0 Å². The van der Waals surface area contributed by atoms with Crippen molar-refractivity contribution in [2.75, 3.05) is 7.11 Å². The van der Waals surface area contributed by atoms with Crippen LogP contribution in [0, 0.1) is 6.92 Å². The van der Waals surface area contributed by atoms with E-state index in [0.717, 1.165) is 15.6 Å². The molecule has 0 N–H and O–H groups in total. The molecule has 0 atom stereocenters. The zero-order valence-corrected chi connectivity index (χ0v) is 8.72. The molecule has 0 fully saturated rings. The van der Waals surface area contributed by atoms with E-state index in [-0.39, 0.29) is 5.97 Å². The Bertz CT molecular complexity index is 490. The summed E-state index contributed by atoms with van der Waals surface area (Å²) in [7, 11) is 1.39. The van der Waals surface area contributed by atoms with Crippen LogP contribution in [0.2, 0.25) is 0 Å². The number of rotatable bonds is 1. The average Bonchev–Trinajstić information content (AvgIpc) is 2.62. The van der Waals surface area contributed by atoms with E-state index in [1.165, 1.54) is 18.4 Å². The number of methoxy groups -OCH3 is 1. The first-order chi connectivity index (χ1) is 6.72. The minimum atomic E-state index is -0.286. The van der Waals surface area contributed by atoms with Crippen molar-refractivity contribution >= 4 is 27.4 Å². The van der Waals surface area contributed by atoms with Gasteiger partial charge >= 0.3 is 5.97 Å². The number of carbonyl (C=O) groups excluding carboxylic acids is 1. The van der Waals surface area contributed by atoms with E-state index in [9.17, 15) is 4.79 Å². The highest BCUT2D eigenvalue weighted by atomic mass is 32.1. The van der Waals surface area contributed by atoms with Crippen molar-refractivity contribution in [3.05, 3.63) is 28.9 Å². The summed E-state index contributed by atoms with van der Waals surface area (Å²) in [5.41, 5.74) is 1.09. The van der Waals surface area contributed by atoms with Gasteiger partial charge in [-0.1, -0.05) is 0 Å². The predicted molar refractivity (Wildman–Crippen MR) is 55.7 cm³/mol. The lowest BCUT2D eigenvalue weighted by Gasteiger charge is -1.91. The molecule has 0 aliphatic rings. The van der Waals surface area contributed by atoms with Crippen LogP contribution in [0.5, 0.6) is 0 Å². The lowest BCUT2D eigenvalue weighted by molar-refractivity contribution is 0.0606. The molecule has 2 rings (SSSR count). The maximum Gasteiger partial charge on any atom is 0.348 e. The first kappa shape index (κ1) is 9.15. The second-order valence-electron chi connectivity index (χ2n) is 2.98. The van der Waals surface area contributed by atoms with Crippen LogP contribution >= 0.6 is 11.3 Å². The molecule has 2 heterocycles. The monoisotopic (exact) mass is 207 g/mol. The molecule has 0 unspecified atom stereocenters. The van der Waals surface area contributed by atoms with Crippen LogP contribution in [0.15, 0.2) is 18.5 Å². The molecule has 0 aliphatic heterocycles. The number of aromatic nitrogens is 1. The number of thiophene rings is 1. The highest BCUT2D eigenvalue weighted by Gasteiger charge is 2.11. The molecule has 4 heteroatoms. The summed E-state index contributed by atoms with van der Waals surface area (Å²) in [6.07, 6.45) is 3.55. The maximum atomic E-state index is 11.3. The highest BCUT2D eigenvalue weighted by molar-refractivity contribution is 7.20. The van der Waals surface area contributed by atoms with E-state index in [0.29, 0.717) is 4.88 Å². The van der Waals surface area contributed by atoms with Gasteiger partial charge in [-0.05, 0) is 18.6 Å². The smallest absolute Gasteiger partial charge is 0.348 e. The zero-order valence-electron chi connectivity index (χ0n) is 7.90. The van der Waals surface area contributed by atoms with E-state index in [1.54, 1.807) is 12.4 Å². The number of ether oxygens (including phenoxy) is 1. The lowest BCUT2D eigenvalue weighted by Crippen LogP contribution is -1.96. The van der Waals surface area contributed by atoms with Crippen molar-refractivity contribution in [2.45, 2.75) is 6.92 Å². The molecule has 14 heavy (non-hydrogen) atoms. The number of aryl methyl sites for hydroxylation is 1. The fourth-order valence-electron chi connectivity index (χ4n) is 1.30. The number of carbonyl (C=O) groups is 1. The van der Waals surface area contributed by atoms with Gasteiger partial charge in [0, 0.05) is 22.5 Å². The van der Waals surface area contributed by atoms with Gasteiger partial charge in [-0.3, -0.25) is 4.98 Å². The third-order valence-electron chi connectivity index (χ3n) is 1.99. The predicted octanol–water partition coefficient (Wildman–Crippen LogP) is 2.39. The van der Waals surface area contributed by atoms with Crippen LogP contribution in [0.25, 0.3) is 10.1 Å². The summed E-state index contributed by atoms with van der Waals surface area (Å²) in [5.74, 6) is -0.286. The molecular formula is C10H9NO2S. The van der Waals surface area contributed by atoms with Crippen LogP contribution in [0.1, 0.15) is 15.2 Å². The van der Waals surface area contributed by atoms with Crippen LogP contribution < -0.4 is 0 Å². The maximum absolute atomic E-state index is 11.3. The van der Waals surface area contributed by atoms with Gasteiger partial charge in [-0.25, -0.2) is 4.79 Å². The zero-order chi connectivity index (χ0) is 10.1. The number of esters is 1. The summed E-state index contributed by atoms with van der Waals surface area (Å²) >= 11 is 1.44. The number of hydrogen-bond donors (Lipinski definition) is 0. The molecule has 3 nitrogen and oxygen atoms in total. The molecule has 2 aromatic rings. The topological polar surface area (TPSA) is 39.2 Å². The molecule has 2 aromatic heterocycles. The van der Waals surface area contributed by atoms with Crippen LogP contribution in [-0.4, -0.2) is 18.1 Å². The van der Waals surface area contributed by atoms with Gasteiger partial charge in [0.05, 0.1) is 7.11 Å². The summed E-state index contributed by atoms with van der Waals surface area (Å²) in [6.45, 7) is 1.98. The normalized spacial score (nSPS) is 10.4. The summed E-state index contributed by atoms with van der Waals surface area (Å²) in [4.78, 5) is 16.0. The number of pyridine rings is 1. The summed E-state index contributed by atoms with van der Waals surface area (Å²) < 4.78 is 5.75. The SMILES string of the molecule is COC(=O)c1cc2cncc(C)c2s1. The Labute approximate surface area is 85.3 Å². The van der Waals surface area contributed by atoms with Gasteiger partial charge in [-0.2, -0.15) is 0 Å². The Hall–Kier alpha value is -1.42. The van der Waals surface area contributed by atoms with Crippen LogP contribution in [0.3, 0.4) is 0 Å². The molecule has 0 bridgehead atoms. The Morgan fingerprint density at radius 1 is 1.50 bits per heavy atom. The third-order valence-corrected chi connectivity index (χ3v) is 3.25. The van der Waals surface area contributed by atoms with E-state index >= 15 is 0 Å². The average molecular weight is 207 g/mol. The van der Waals surface area contributed by atoms with Crippen molar-refractivity contribution < 1.29 is 9.53 Å². The van der Waals surface area contributed by atoms with Crippen molar-refractivity contribution in [2.24, 2.45) is 0 Å². The highest BCUT2D eigenvalue weighted by Crippen LogP contribution is 2.27. The Balaban J connectivity index is 2.62. The van der Waals surface area contributed by atoms with Crippen molar-refractivity contribution in [3.63, 3.8) is 0 Å². The molecule has 0 amide bonds. The Morgan fingerprint density at radius 3 is 2.93 bits per heavy atom. The summed E-state index contributed by atoms with van der Waals surface area (Å²) in [6, 6.07) is 1.81. The third kappa shape index (κ3) is 1.37. The summed E-state index contributed by atoms with van der Waals surface area (Å²) in [5, 5.41) is 0.996. The van der Waals surface area contributed by atoms with E-state index in [2.05, 4.69) is 9.72 Å². The van der Waals surface area contributed by atoms with Gasteiger partial charge in [-0.15, -0.1) is 11.3 Å². The largest absolute Gasteiger partial charge is 0.465 e. The van der Waals surface area contributed by atoms with Crippen molar-refractivity contribution in [1.82, 2.24) is 4.98 Å².